The maximum Gasteiger partial charge on any atom is 0.432 e. The minimum absolute atomic E-state index is 0.139. The number of rotatable bonds is 10. The van der Waals surface area contributed by atoms with E-state index >= 15 is 0 Å². The number of methoxy groups -OCH3 is 1. The van der Waals surface area contributed by atoms with Crippen molar-refractivity contribution in [2.24, 2.45) is 46.3 Å². The zero-order valence-electron chi connectivity index (χ0n) is 30.9. The summed E-state index contributed by atoms with van der Waals surface area (Å²) < 4.78 is 61.6. The van der Waals surface area contributed by atoms with Crippen LogP contribution in [0.15, 0.2) is 42.0 Å². The van der Waals surface area contributed by atoms with E-state index in [4.69, 9.17) is 14.2 Å². The Morgan fingerprint density at radius 3 is 2.24 bits per heavy atom. The molecule has 7 nitrogen and oxygen atoms in total. The molecule has 0 heterocycles. The van der Waals surface area contributed by atoms with E-state index < -0.39 is 64.5 Å². The van der Waals surface area contributed by atoms with Gasteiger partial charge in [-0.05, 0) is 85.2 Å². The fourth-order valence-corrected chi connectivity index (χ4v) is 10.7. The van der Waals surface area contributed by atoms with Crippen LogP contribution in [0.3, 0.4) is 0 Å². The van der Waals surface area contributed by atoms with E-state index in [1.54, 1.807) is 12.1 Å². The molecule has 3 saturated carbocycles. The third kappa shape index (κ3) is 6.13. The minimum Gasteiger partial charge on any atom is -0.463 e. The number of hydrogen-bond acceptors (Lipinski definition) is 7. The predicted molar refractivity (Wildman–Crippen MR) is 182 cm³/mol. The molecule has 1 aromatic carbocycles. The molecule has 0 unspecified atom stereocenters. The Kier molecular flexibility index (Phi) is 10.7. The van der Waals surface area contributed by atoms with Crippen LogP contribution in [0, 0.1) is 46.3 Å². The Hall–Kier alpha value is -2.43. The lowest BCUT2D eigenvalue weighted by atomic mass is 9.44. The maximum atomic E-state index is 15.0. The van der Waals surface area contributed by atoms with Gasteiger partial charge >= 0.3 is 18.1 Å². The van der Waals surface area contributed by atoms with Crippen LogP contribution in [0.4, 0.5) is 13.2 Å². The van der Waals surface area contributed by atoms with Gasteiger partial charge in [0.1, 0.15) is 17.8 Å². The second kappa shape index (κ2) is 13.8. The van der Waals surface area contributed by atoms with Gasteiger partial charge in [0.25, 0.3) is 5.60 Å². The first-order valence-corrected chi connectivity index (χ1v) is 18.5. The number of esters is 2. The lowest BCUT2D eigenvalue weighted by molar-refractivity contribution is -0.281. The van der Waals surface area contributed by atoms with Crippen LogP contribution >= 0.6 is 0 Å². The SMILES string of the molecule is CO[C@](C(=O)O[C@H]1C=C2[C@@H]3CC[C@H]([C@H](C)CC[C@H](C)C(C)C)[C@@]3(C)C[C@@H](O)[C@]2(O)[C@@]2(C)CC[C@H](OC(C)=O)C[C@H]12)(c1ccccc1)C(F)(F)F. The van der Waals surface area contributed by atoms with Crippen molar-refractivity contribution in [3.8, 4) is 0 Å². The zero-order valence-corrected chi connectivity index (χ0v) is 30.9. The monoisotopic (exact) mass is 706 g/mol. The molecule has 0 radical (unpaired) electrons. The number of carbonyl (C=O) groups excluding carboxylic acids is 2. The van der Waals surface area contributed by atoms with Crippen molar-refractivity contribution in [2.75, 3.05) is 7.11 Å². The van der Waals surface area contributed by atoms with Gasteiger partial charge in [-0.1, -0.05) is 84.7 Å². The molecule has 0 aliphatic heterocycles. The fraction of sp³-hybridized carbons (Fsp3) is 0.750. The van der Waals surface area contributed by atoms with Crippen molar-refractivity contribution in [1.29, 1.82) is 0 Å². The highest BCUT2D eigenvalue weighted by molar-refractivity contribution is 5.83. The van der Waals surface area contributed by atoms with Crippen molar-refractivity contribution in [3.63, 3.8) is 0 Å². The summed E-state index contributed by atoms with van der Waals surface area (Å²) in [7, 11) is 0.839. The molecule has 4 aliphatic rings. The fourth-order valence-electron chi connectivity index (χ4n) is 10.7. The second-order valence-electron chi connectivity index (χ2n) is 16.8. The molecule has 280 valence electrons. The average Bonchev–Trinajstić information content (AvgIpc) is 3.38. The summed E-state index contributed by atoms with van der Waals surface area (Å²) >= 11 is 0. The summed E-state index contributed by atoms with van der Waals surface area (Å²) in [5.41, 5.74) is -6.45. The summed E-state index contributed by atoms with van der Waals surface area (Å²) in [5.74, 6) is -1.25. The smallest absolute Gasteiger partial charge is 0.432 e. The van der Waals surface area contributed by atoms with Gasteiger partial charge in [-0.15, -0.1) is 0 Å². The third-order valence-electron chi connectivity index (χ3n) is 13.9. The van der Waals surface area contributed by atoms with Crippen molar-refractivity contribution in [2.45, 2.75) is 136 Å². The molecule has 10 heteroatoms. The lowest BCUT2D eigenvalue weighted by Crippen LogP contribution is -2.70. The second-order valence-corrected chi connectivity index (χ2v) is 16.8. The quantitative estimate of drug-likeness (QED) is 0.188. The highest BCUT2D eigenvalue weighted by Crippen LogP contribution is 2.69. The zero-order chi connectivity index (χ0) is 37.0. The van der Waals surface area contributed by atoms with Crippen LogP contribution in [0.1, 0.15) is 105 Å². The summed E-state index contributed by atoms with van der Waals surface area (Å²) in [5, 5.41) is 25.0. The van der Waals surface area contributed by atoms with Gasteiger partial charge in [0, 0.05) is 30.9 Å². The van der Waals surface area contributed by atoms with Gasteiger partial charge in [-0.3, -0.25) is 4.79 Å². The van der Waals surface area contributed by atoms with Crippen LogP contribution in [0.25, 0.3) is 0 Å². The summed E-state index contributed by atoms with van der Waals surface area (Å²) in [6, 6.07) is 6.72. The summed E-state index contributed by atoms with van der Waals surface area (Å²) in [6.07, 6.45) is -1.48. The molecule has 0 saturated heterocycles. The first kappa shape index (κ1) is 38.8. The standard InChI is InChI=1S/C40H57F3O7/c1-23(2)24(3)14-15-25(4)29-16-17-30-31-21-33(50-35(46)39(48-8,40(41,42)43)27-12-10-9-11-13-27)32-20-28(49-26(5)44)18-19-37(32,7)38(31,47)34(45)22-36(29,30)6/h9-13,21,23-25,28-30,32-34,45,47H,14-20,22H2,1-8H3/t24-,25+,28-,29+,30-,32+,33-,34+,36+,37-,38-,39-/m0/s1. The van der Waals surface area contributed by atoms with Crippen molar-refractivity contribution in [1.82, 2.24) is 0 Å². The number of carbonyl (C=O) groups is 2. The molecule has 1 aromatic rings. The molecule has 0 amide bonds. The number of benzene rings is 1. The van der Waals surface area contributed by atoms with E-state index in [9.17, 15) is 33.0 Å². The van der Waals surface area contributed by atoms with Gasteiger partial charge in [-0.2, -0.15) is 13.2 Å². The molecule has 0 bridgehead atoms. The van der Waals surface area contributed by atoms with Gasteiger partial charge in [-0.25, -0.2) is 4.79 Å². The van der Waals surface area contributed by atoms with Crippen LogP contribution in [-0.2, 0) is 29.4 Å². The molecule has 4 aliphatic carbocycles. The number of alkyl halides is 3. The maximum absolute atomic E-state index is 15.0. The van der Waals surface area contributed by atoms with E-state index in [1.165, 1.54) is 31.2 Å². The topological polar surface area (TPSA) is 102 Å². The van der Waals surface area contributed by atoms with Crippen LogP contribution in [0.2, 0.25) is 0 Å². The molecule has 0 spiro atoms. The first-order valence-electron chi connectivity index (χ1n) is 18.5. The Bertz CT molecular complexity index is 1430. The van der Waals surface area contributed by atoms with Gasteiger partial charge in [0.05, 0.1) is 6.10 Å². The van der Waals surface area contributed by atoms with Crippen molar-refractivity contribution < 1.29 is 47.2 Å². The minimum atomic E-state index is -5.17. The van der Waals surface area contributed by atoms with E-state index in [-0.39, 0.29) is 23.7 Å². The molecular formula is C40H57F3O7. The molecule has 2 N–H and O–H groups in total. The van der Waals surface area contributed by atoms with Crippen LogP contribution < -0.4 is 0 Å². The number of aliphatic hydroxyl groups excluding tert-OH is 1. The number of halogens is 3. The van der Waals surface area contributed by atoms with Gasteiger partial charge < -0.3 is 24.4 Å². The number of fused-ring (bicyclic) bond motifs is 5. The predicted octanol–water partition coefficient (Wildman–Crippen LogP) is 7.92. The molecule has 50 heavy (non-hydrogen) atoms. The number of aliphatic hydroxyl groups is 2. The number of hydrogen-bond donors (Lipinski definition) is 2. The van der Waals surface area contributed by atoms with Gasteiger partial charge in [0.15, 0.2) is 0 Å². The molecule has 12 atom stereocenters. The van der Waals surface area contributed by atoms with E-state index in [2.05, 4.69) is 34.6 Å². The summed E-state index contributed by atoms with van der Waals surface area (Å²) in [4.78, 5) is 26.1. The average molecular weight is 707 g/mol. The summed E-state index contributed by atoms with van der Waals surface area (Å²) in [6.45, 7) is 14.3. The molecular weight excluding hydrogens is 649 g/mol. The van der Waals surface area contributed by atoms with E-state index in [1.807, 2.05) is 6.92 Å². The third-order valence-corrected chi connectivity index (χ3v) is 13.9. The Morgan fingerprint density at radius 1 is 1.00 bits per heavy atom. The number of ether oxygens (including phenoxy) is 3. The van der Waals surface area contributed by atoms with E-state index in [0.29, 0.717) is 42.6 Å². The van der Waals surface area contributed by atoms with Crippen LogP contribution in [0.5, 0.6) is 0 Å². The molecule has 5 rings (SSSR count). The Labute approximate surface area is 295 Å². The highest BCUT2D eigenvalue weighted by atomic mass is 19.4. The first-order chi connectivity index (χ1) is 23.3. The Balaban J connectivity index is 1.59. The van der Waals surface area contributed by atoms with Crippen molar-refractivity contribution >= 4 is 11.9 Å². The van der Waals surface area contributed by atoms with E-state index in [0.717, 1.165) is 32.8 Å². The Morgan fingerprint density at radius 2 is 1.66 bits per heavy atom. The molecule has 0 aromatic heterocycles. The lowest BCUT2D eigenvalue weighted by Gasteiger charge is -2.64. The van der Waals surface area contributed by atoms with Crippen LogP contribution in [-0.4, -0.2) is 59.4 Å². The largest absolute Gasteiger partial charge is 0.463 e. The highest BCUT2D eigenvalue weighted by Gasteiger charge is 2.71. The normalized spacial score (nSPS) is 37.8. The van der Waals surface area contributed by atoms with Gasteiger partial charge in [0.2, 0.25) is 0 Å². The van der Waals surface area contributed by atoms with Crippen molar-refractivity contribution in [3.05, 3.63) is 47.5 Å². The molecule has 3 fully saturated rings.